The standard InChI is InChI=1S/C22H39NO17/c1-6(27)23-12-7(28)2-11(38-19(12)13(30)8(29)3-24)39-20-14(31)9(4-25)37-22(17(20)34)40-18-10(5-26)36-21(35)16(33)15(18)32/h7-22,24-26,28-35H,2-5H2,1H3,(H,23,27)/t7-,8-,9?,10?,11?,12-,13-,14+,15-,16?,17?,18-,19?,20+,21?,22+/m1/s1. The summed E-state index contributed by atoms with van der Waals surface area (Å²) in [5.41, 5.74) is 0. The normalized spacial score (nSPS) is 46.0. The topological polar surface area (TPSA) is 298 Å². The van der Waals surface area contributed by atoms with Crippen molar-refractivity contribution in [1.82, 2.24) is 5.32 Å². The molecule has 7 unspecified atom stereocenters. The highest BCUT2D eigenvalue weighted by Gasteiger charge is 2.53. The van der Waals surface area contributed by atoms with Crippen LogP contribution in [0.1, 0.15) is 13.3 Å². The van der Waals surface area contributed by atoms with Gasteiger partial charge in [-0.05, 0) is 0 Å². The molecule has 1 amide bonds. The molecular weight excluding hydrogens is 550 g/mol. The molecule has 3 saturated heterocycles. The molecule has 0 aliphatic carbocycles. The van der Waals surface area contributed by atoms with Crippen molar-refractivity contribution in [3.8, 4) is 0 Å². The van der Waals surface area contributed by atoms with Gasteiger partial charge >= 0.3 is 0 Å². The Labute approximate surface area is 227 Å². The highest BCUT2D eigenvalue weighted by atomic mass is 16.7. The van der Waals surface area contributed by atoms with Crippen molar-refractivity contribution in [3.63, 3.8) is 0 Å². The van der Waals surface area contributed by atoms with E-state index in [0.29, 0.717) is 0 Å². The van der Waals surface area contributed by atoms with Crippen molar-refractivity contribution in [2.45, 2.75) is 112 Å². The molecule has 0 radical (unpaired) electrons. The fraction of sp³-hybridized carbons (Fsp3) is 0.955. The highest BCUT2D eigenvalue weighted by molar-refractivity contribution is 5.73. The quantitative estimate of drug-likeness (QED) is 0.113. The van der Waals surface area contributed by atoms with E-state index in [4.69, 9.17) is 23.7 Å². The number of carbonyl (C=O) groups is 1. The lowest BCUT2D eigenvalue weighted by Crippen LogP contribution is -2.66. The van der Waals surface area contributed by atoms with E-state index in [0.717, 1.165) is 6.92 Å². The van der Waals surface area contributed by atoms with Crippen LogP contribution in [0.25, 0.3) is 0 Å². The van der Waals surface area contributed by atoms with Crippen LogP contribution >= 0.6 is 0 Å². The fourth-order valence-electron chi connectivity index (χ4n) is 4.89. The highest BCUT2D eigenvalue weighted by Crippen LogP contribution is 2.32. The molecule has 18 nitrogen and oxygen atoms in total. The number of hydrogen-bond donors (Lipinski definition) is 12. The van der Waals surface area contributed by atoms with Gasteiger partial charge in [-0.25, -0.2) is 0 Å². The van der Waals surface area contributed by atoms with Gasteiger partial charge in [0.15, 0.2) is 18.9 Å². The summed E-state index contributed by atoms with van der Waals surface area (Å²) in [6.07, 6.45) is -25.4. The summed E-state index contributed by atoms with van der Waals surface area (Å²) < 4.78 is 27.3. The maximum absolute atomic E-state index is 11.6. The number of nitrogens with one attached hydrogen (secondary N) is 1. The van der Waals surface area contributed by atoms with E-state index in [9.17, 15) is 61.0 Å². The molecule has 3 aliphatic rings. The monoisotopic (exact) mass is 589 g/mol. The predicted molar refractivity (Wildman–Crippen MR) is 123 cm³/mol. The van der Waals surface area contributed by atoms with Gasteiger partial charge in [-0.2, -0.15) is 0 Å². The van der Waals surface area contributed by atoms with Gasteiger partial charge < -0.3 is 85.2 Å². The van der Waals surface area contributed by atoms with E-state index < -0.39 is 124 Å². The lowest BCUT2D eigenvalue weighted by atomic mass is 9.92. The predicted octanol–water partition coefficient (Wildman–Crippen LogP) is -7.68. The van der Waals surface area contributed by atoms with Crippen molar-refractivity contribution in [3.05, 3.63) is 0 Å². The minimum atomic E-state index is -1.89. The van der Waals surface area contributed by atoms with Gasteiger partial charge in [-0.1, -0.05) is 0 Å². The number of aliphatic hydroxyl groups excluding tert-OH is 11. The van der Waals surface area contributed by atoms with E-state index in [1.54, 1.807) is 0 Å². The maximum atomic E-state index is 11.6. The summed E-state index contributed by atoms with van der Waals surface area (Å²) in [5, 5.41) is 114. The Morgan fingerprint density at radius 3 is 2.08 bits per heavy atom. The van der Waals surface area contributed by atoms with Crippen LogP contribution < -0.4 is 5.32 Å². The Morgan fingerprint density at radius 1 is 0.850 bits per heavy atom. The first-order chi connectivity index (χ1) is 18.8. The van der Waals surface area contributed by atoms with Gasteiger partial charge in [0.1, 0.15) is 67.1 Å². The number of hydrogen-bond acceptors (Lipinski definition) is 17. The van der Waals surface area contributed by atoms with Gasteiger partial charge in [0.2, 0.25) is 5.91 Å². The molecular formula is C22H39NO17. The molecule has 0 aromatic rings. The molecule has 3 fully saturated rings. The number of aliphatic hydroxyl groups is 11. The van der Waals surface area contributed by atoms with E-state index in [1.807, 2.05) is 0 Å². The summed E-state index contributed by atoms with van der Waals surface area (Å²) >= 11 is 0. The largest absolute Gasteiger partial charge is 0.394 e. The minimum Gasteiger partial charge on any atom is -0.394 e. The Bertz CT molecular complexity index is 807. The molecule has 0 bridgehead atoms. The van der Waals surface area contributed by atoms with Gasteiger partial charge in [0.05, 0.1) is 32.0 Å². The van der Waals surface area contributed by atoms with Gasteiger partial charge in [-0.3, -0.25) is 4.79 Å². The molecule has 0 spiro atoms. The average molecular weight is 590 g/mol. The lowest BCUT2D eigenvalue weighted by molar-refractivity contribution is -0.370. The first kappa shape index (κ1) is 33.3. The van der Waals surface area contributed by atoms with Crippen molar-refractivity contribution in [2.75, 3.05) is 19.8 Å². The Morgan fingerprint density at radius 2 is 1.50 bits per heavy atom. The Balaban J connectivity index is 1.80. The first-order valence-electron chi connectivity index (χ1n) is 12.7. The van der Waals surface area contributed by atoms with Crippen LogP contribution in [0.2, 0.25) is 0 Å². The molecule has 3 aliphatic heterocycles. The second kappa shape index (κ2) is 14.3. The third-order valence-electron chi connectivity index (χ3n) is 7.06. The van der Waals surface area contributed by atoms with Gasteiger partial charge in [-0.15, -0.1) is 0 Å². The number of amides is 1. The zero-order valence-corrected chi connectivity index (χ0v) is 21.4. The van der Waals surface area contributed by atoms with Crippen LogP contribution in [-0.2, 0) is 28.5 Å². The van der Waals surface area contributed by atoms with Crippen molar-refractivity contribution < 1.29 is 84.7 Å². The third-order valence-corrected chi connectivity index (χ3v) is 7.06. The summed E-state index contributed by atoms with van der Waals surface area (Å²) in [6, 6.07) is -1.25. The second-order valence-corrected chi connectivity index (χ2v) is 9.94. The first-order valence-corrected chi connectivity index (χ1v) is 12.7. The number of carbonyl (C=O) groups excluding carboxylic acids is 1. The average Bonchev–Trinajstić information content (AvgIpc) is 2.92. The van der Waals surface area contributed by atoms with Crippen LogP contribution in [0.15, 0.2) is 0 Å². The summed E-state index contributed by atoms with van der Waals surface area (Å²) in [4.78, 5) is 11.6. The molecule has 16 atom stereocenters. The van der Waals surface area contributed by atoms with Crippen LogP contribution in [-0.4, -0.2) is 180 Å². The summed E-state index contributed by atoms with van der Waals surface area (Å²) in [5.74, 6) is -0.601. The van der Waals surface area contributed by atoms with Crippen molar-refractivity contribution in [1.29, 1.82) is 0 Å². The number of ether oxygens (including phenoxy) is 5. The molecule has 234 valence electrons. The molecule has 0 aromatic carbocycles. The van der Waals surface area contributed by atoms with Crippen LogP contribution in [0.3, 0.4) is 0 Å². The van der Waals surface area contributed by atoms with Gasteiger partial charge in [0.25, 0.3) is 0 Å². The smallest absolute Gasteiger partial charge is 0.217 e. The summed E-state index contributed by atoms with van der Waals surface area (Å²) in [7, 11) is 0. The maximum Gasteiger partial charge on any atom is 0.217 e. The van der Waals surface area contributed by atoms with Crippen LogP contribution in [0.5, 0.6) is 0 Å². The lowest BCUT2D eigenvalue weighted by Gasteiger charge is -2.48. The van der Waals surface area contributed by atoms with Crippen LogP contribution in [0, 0.1) is 0 Å². The molecule has 0 saturated carbocycles. The Hall–Kier alpha value is -1.17. The molecule has 40 heavy (non-hydrogen) atoms. The zero-order valence-electron chi connectivity index (χ0n) is 21.4. The van der Waals surface area contributed by atoms with E-state index >= 15 is 0 Å². The third kappa shape index (κ3) is 7.24. The molecule has 3 heterocycles. The van der Waals surface area contributed by atoms with E-state index in [1.165, 1.54) is 0 Å². The van der Waals surface area contributed by atoms with Crippen molar-refractivity contribution in [2.24, 2.45) is 0 Å². The van der Waals surface area contributed by atoms with Crippen LogP contribution in [0.4, 0.5) is 0 Å². The SMILES string of the molecule is CC(=O)N[C@H]1C([C@H](O)[C@H](O)CO)OC(O[C@@H]2C(O)[C@H](O[C@@H]3C(CO)OC(O)C(O)[C@H]3O)OC(CO)[C@@H]2O)C[C@H]1O. The number of rotatable bonds is 10. The van der Waals surface area contributed by atoms with E-state index in [2.05, 4.69) is 5.32 Å². The molecule has 18 heteroatoms. The molecule has 12 N–H and O–H groups in total. The van der Waals surface area contributed by atoms with Crippen molar-refractivity contribution >= 4 is 5.91 Å². The van der Waals surface area contributed by atoms with E-state index in [-0.39, 0.29) is 6.42 Å². The molecule has 3 rings (SSSR count). The summed E-state index contributed by atoms with van der Waals surface area (Å²) in [6.45, 7) is -1.35. The minimum absolute atomic E-state index is 0.374. The second-order valence-electron chi connectivity index (χ2n) is 9.94. The van der Waals surface area contributed by atoms with Gasteiger partial charge in [0, 0.05) is 13.3 Å². The zero-order chi connectivity index (χ0) is 29.9. The Kier molecular flexibility index (Phi) is 11.9. The molecule has 0 aromatic heterocycles. The fourth-order valence-corrected chi connectivity index (χ4v) is 4.89.